The van der Waals surface area contributed by atoms with Crippen molar-refractivity contribution in [2.75, 3.05) is 11.4 Å². The fourth-order valence-electron chi connectivity index (χ4n) is 3.61. The van der Waals surface area contributed by atoms with E-state index in [2.05, 4.69) is 65.0 Å². The molecule has 0 atom stereocenters. The second-order valence-corrected chi connectivity index (χ2v) is 6.05. The zero-order valence-corrected chi connectivity index (χ0v) is 12.9. The highest BCUT2D eigenvalue weighted by Crippen LogP contribution is 2.32. The molecule has 1 aromatic heterocycles. The maximum Gasteiger partial charge on any atom is 0.0585 e. The molecule has 2 heterocycles. The molecule has 0 bridgehead atoms. The third kappa shape index (κ3) is 2.01. The third-order valence-corrected chi connectivity index (χ3v) is 4.83. The van der Waals surface area contributed by atoms with Gasteiger partial charge in [-0.05, 0) is 35.7 Å². The molecule has 0 fully saturated rings. The minimum absolute atomic E-state index is 0.598. The predicted molar refractivity (Wildman–Crippen MR) is 92.0 cm³/mol. The smallest absolute Gasteiger partial charge is 0.0585 e. The topological polar surface area (TPSA) is 34.2 Å². The maximum absolute atomic E-state index is 5.78. The van der Waals surface area contributed by atoms with Gasteiger partial charge in [-0.25, -0.2) is 0 Å². The van der Waals surface area contributed by atoms with Crippen LogP contribution in [0.25, 0.3) is 10.9 Å². The van der Waals surface area contributed by atoms with Gasteiger partial charge in [-0.2, -0.15) is 0 Å². The summed E-state index contributed by atoms with van der Waals surface area (Å²) in [6, 6.07) is 17.3. The van der Waals surface area contributed by atoms with Crippen LogP contribution in [0.3, 0.4) is 0 Å². The van der Waals surface area contributed by atoms with Crippen molar-refractivity contribution in [2.24, 2.45) is 12.8 Å². The van der Waals surface area contributed by atoms with E-state index in [1.807, 2.05) is 0 Å². The quantitative estimate of drug-likeness (QED) is 0.787. The van der Waals surface area contributed by atoms with Crippen LogP contribution in [0.4, 0.5) is 5.69 Å². The Bertz CT molecular complexity index is 832. The minimum atomic E-state index is 0.598. The summed E-state index contributed by atoms with van der Waals surface area (Å²) in [7, 11) is 2.18. The molecule has 22 heavy (non-hydrogen) atoms. The van der Waals surface area contributed by atoms with E-state index >= 15 is 0 Å². The van der Waals surface area contributed by atoms with Gasteiger partial charge in [0.1, 0.15) is 0 Å². The number of rotatable bonds is 2. The van der Waals surface area contributed by atoms with Gasteiger partial charge in [0, 0.05) is 42.4 Å². The SMILES string of the molecule is Cn1c2c(c3ccccc31)CCN(c1cccc(CN)c1)C2. The second kappa shape index (κ2) is 5.18. The van der Waals surface area contributed by atoms with Crippen LogP contribution in [0.5, 0.6) is 0 Å². The molecule has 0 saturated carbocycles. The summed E-state index contributed by atoms with van der Waals surface area (Å²) in [4.78, 5) is 2.46. The number of fused-ring (bicyclic) bond motifs is 3. The van der Waals surface area contributed by atoms with E-state index in [0.29, 0.717) is 6.54 Å². The Morgan fingerprint density at radius 3 is 2.82 bits per heavy atom. The number of para-hydroxylation sites is 1. The van der Waals surface area contributed by atoms with Crippen molar-refractivity contribution >= 4 is 16.6 Å². The van der Waals surface area contributed by atoms with Gasteiger partial charge in [-0.15, -0.1) is 0 Å². The van der Waals surface area contributed by atoms with E-state index in [1.54, 1.807) is 0 Å². The molecule has 0 saturated heterocycles. The number of nitrogens with two attached hydrogens (primary N) is 1. The number of hydrogen-bond donors (Lipinski definition) is 1. The standard InChI is InChI=1S/C19H21N3/c1-21-18-8-3-2-7-16(18)17-9-10-22(13-19(17)21)15-6-4-5-14(11-15)12-20/h2-8,11H,9-10,12-13,20H2,1H3. The first-order chi connectivity index (χ1) is 10.8. The molecular weight excluding hydrogens is 270 g/mol. The summed E-state index contributed by atoms with van der Waals surface area (Å²) in [5.41, 5.74) is 12.5. The van der Waals surface area contributed by atoms with Crippen molar-refractivity contribution in [3.05, 3.63) is 65.4 Å². The third-order valence-electron chi connectivity index (χ3n) is 4.83. The Kier molecular flexibility index (Phi) is 3.16. The van der Waals surface area contributed by atoms with Gasteiger partial charge in [0.2, 0.25) is 0 Å². The van der Waals surface area contributed by atoms with Crippen molar-refractivity contribution in [3.8, 4) is 0 Å². The molecule has 3 nitrogen and oxygen atoms in total. The molecule has 0 unspecified atom stereocenters. The molecule has 2 N–H and O–H groups in total. The Hall–Kier alpha value is -2.26. The number of aromatic nitrogens is 1. The Balaban J connectivity index is 1.75. The number of hydrogen-bond acceptors (Lipinski definition) is 2. The maximum atomic E-state index is 5.78. The summed E-state index contributed by atoms with van der Waals surface area (Å²) in [5.74, 6) is 0. The molecule has 0 radical (unpaired) electrons. The van der Waals surface area contributed by atoms with Crippen LogP contribution in [-0.4, -0.2) is 11.1 Å². The summed E-state index contributed by atoms with van der Waals surface area (Å²) in [5, 5.41) is 1.41. The largest absolute Gasteiger partial charge is 0.365 e. The second-order valence-electron chi connectivity index (χ2n) is 6.05. The van der Waals surface area contributed by atoms with Crippen LogP contribution < -0.4 is 10.6 Å². The molecule has 2 aromatic carbocycles. The number of anilines is 1. The van der Waals surface area contributed by atoms with E-state index < -0.39 is 0 Å². The highest BCUT2D eigenvalue weighted by Gasteiger charge is 2.22. The predicted octanol–water partition coefficient (Wildman–Crippen LogP) is 3.20. The van der Waals surface area contributed by atoms with Gasteiger partial charge in [-0.3, -0.25) is 0 Å². The first-order valence-corrected chi connectivity index (χ1v) is 7.87. The lowest BCUT2D eigenvalue weighted by Gasteiger charge is -2.30. The summed E-state index contributed by atoms with van der Waals surface area (Å²) in [6.45, 7) is 2.63. The first-order valence-electron chi connectivity index (χ1n) is 7.87. The van der Waals surface area contributed by atoms with Crippen LogP contribution in [0.15, 0.2) is 48.5 Å². The number of aryl methyl sites for hydroxylation is 1. The number of nitrogens with zero attached hydrogens (tertiary/aromatic N) is 2. The molecule has 1 aliphatic rings. The molecule has 4 rings (SSSR count). The summed E-state index contributed by atoms with van der Waals surface area (Å²) >= 11 is 0. The molecule has 3 heteroatoms. The monoisotopic (exact) mass is 291 g/mol. The fourth-order valence-corrected chi connectivity index (χ4v) is 3.61. The van der Waals surface area contributed by atoms with Crippen LogP contribution in [0.1, 0.15) is 16.8 Å². The average molecular weight is 291 g/mol. The van der Waals surface area contributed by atoms with Crippen molar-refractivity contribution < 1.29 is 0 Å². The Labute approximate surface area is 131 Å². The highest BCUT2D eigenvalue weighted by molar-refractivity contribution is 5.86. The van der Waals surface area contributed by atoms with Gasteiger partial charge >= 0.3 is 0 Å². The van der Waals surface area contributed by atoms with E-state index in [0.717, 1.165) is 19.5 Å². The van der Waals surface area contributed by atoms with Crippen LogP contribution in [-0.2, 0) is 26.6 Å². The van der Waals surface area contributed by atoms with Crippen molar-refractivity contribution in [1.29, 1.82) is 0 Å². The van der Waals surface area contributed by atoms with E-state index in [4.69, 9.17) is 5.73 Å². The van der Waals surface area contributed by atoms with Crippen molar-refractivity contribution in [1.82, 2.24) is 4.57 Å². The van der Waals surface area contributed by atoms with Crippen molar-refractivity contribution in [2.45, 2.75) is 19.5 Å². The van der Waals surface area contributed by atoms with Crippen molar-refractivity contribution in [3.63, 3.8) is 0 Å². The van der Waals surface area contributed by atoms with Gasteiger partial charge < -0.3 is 15.2 Å². The van der Waals surface area contributed by atoms with Gasteiger partial charge in [0.05, 0.1) is 6.54 Å². The van der Waals surface area contributed by atoms with E-state index in [1.165, 1.54) is 33.4 Å². The minimum Gasteiger partial charge on any atom is -0.365 e. The summed E-state index contributed by atoms with van der Waals surface area (Å²) < 4.78 is 2.35. The van der Waals surface area contributed by atoms with Gasteiger partial charge in [-0.1, -0.05) is 30.3 Å². The van der Waals surface area contributed by atoms with Gasteiger partial charge in [0.15, 0.2) is 0 Å². The average Bonchev–Trinajstić information content (AvgIpc) is 2.88. The molecule has 0 aliphatic carbocycles. The van der Waals surface area contributed by atoms with Gasteiger partial charge in [0.25, 0.3) is 0 Å². The normalized spacial score (nSPS) is 14.4. The molecule has 3 aromatic rings. The lowest BCUT2D eigenvalue weighted by Crippen LogP contribution is -2.31. The fraction of sp³-hybridized carbons (Fsp3) is 0.263. The zero-order valence-electron chi connectivity index (χ0n) is 12.9. The zero-order chi connectivity index (χ0) is 15.1. The molecule has 112 valence electrons. The van der Waals surface area contributed by atoms with Crippen LogP contribution in [0, 0.1) is 0 Å². The lowest BCUT2D eigenvalue weighted by molar-refractivity contribution is 0.689. The molecular formula is C19H21N3. The Morgan fingerprint density at radius 1 is 1.09 bits per heavy atom. The Morgan fingerprint density at radius 2 is 1.95 bits per heavy atom. The molecule has 1 aliphatic heterocycles. The molecule has 0 spiro atoms. The number of benzene rings is 2. The first kappa shape index (κ1) is 13.4. The highest BCUT2D eigenvalue weighted by atomic mass is 15.2. The van der Waals surface area contributed by atoms with E-state index in [9.17, 15) is 0 Å². The van der Waals surface area contributed by atoms with Crippen LogP contribution >= 0.6 is 0 Å². The lowest BCUT2D eigenvalue weighted by atomic mass is 10.0. The molecule has 0 amide bonds. The van der Waals surface area contributed by atoms with E-state index in [-0.39, 0.29) is 0 Å². The summed E-state index contributed by atoms with van der Waals surface area (Å²) in [6.07, 6.45) is 1.10. The van der Waals surface area contributed by atoms with Crippen LogP contribution in [0.2, 0.25) is 0 Å².